The van der Waals surface area contributed by atoms with Crippen LogP contribution >= 0.6 is 0 Å². The molecular weight excluding hydrogens is 230 g/mol. The first-order chi connectivity index (χ1) is 8.40. The van der Waals surface area contributed by atoms with E-state index in [1.54, 1.807) is 0 Å². The maximum absolute atomic E-state index is 12.4. The maximum Gasteiger partial charge on any atom is 0.228 e. The van der Waals surface area contributed by atoms with Gasteiger partial charge in [0.15, 0.2) is 0 Å². The summed E-state index contributed by atoms with van der Waals surface area (Å²) in [6, 6.07) is 0. The van der Waals surface area contributed by atoms with Crippen LogP contribution < -0.4 is 5.32 Å². The number of likely N-dealkylation sites (N-methyl/N-ethyl adjacent to an activating group) is 1. The first kappa shape index (κ1) is 15.0. The normalized spacial score (nSPS) is 19.4. The van der Waals surface area contributed by atoms with E-state index in [9.17, 15) is 9.59 Å². The average Bonchev–Trinajstić information content (AvgIpc) is 2.69. The zero-order valence-electron chi connectivity index (χ0n) is 11.9. The van der Waals surface area contributed by atoms with Crippen LogP contribution in [-0.4, -0.2) is 61.9 Å². The third-order valence-electron chi connectivity index (χ3n) is 3.04. The van der Waals surface area contributed by atoms with Crippen molar-refractivity contribution in [1.82, 2.24) is 15.1 Å². The highest BCUT2D eigenvalue weighted by molar-refractivity contribution is 5.89. The van der Waals surface area contributed by atoms with E-state index in [1.807, 2.05) is 19.0 Å². The molecule has 2 amide bonds. The molecule has 1 N–H and O–H groups in total. The molecule has 0 aromatic rings. The van der Waals surface area contributed by atoms with Gasteiger partial charge in [0.1, 0.15) is 0 Å². The Morgan fingerprint density at radius 2 is 2.06 bits per heavy atom. The van der Waals surface area contributed by atoms with Crippen LogP contribution in [-0.2, 0) is 9.59 Å². The zero-order chi connectivity index (χ0) is 13.7. The third kappa shape index (κ3) is 4.64. The van der Waals surface area contributed by atoms with Gasteiger partial charge in [-0.05, 0) is 20.0 Å². The molecule has 5 nitrogen and oxygen atoms in total. The molecule has 1 rings (SSSR count). The summed E-state index contributed by atoms with van der Waals surface area (Å²) in [5.41, 5.74) is 0. The zero-order valence-corrected chi connectivity index (χ0v) is 11.9. The van der Waals surface area contributed by atoms with E-state index in [0.29, 0.717) is 18.9 Å². The van der Waals surface area contributed by atoms with Gasteiger partial charge in [-0.3, -0.25) is 9.59 Å². The topological polar surface area (TPSA) is 52.6 Å². The molecule has 1 unspecified atom stereocenters. The standard InChI is InChI=1S/C13H25N3O2/c1-10(2)9-16(6-5-15(3)4)13(18)11-7-12(17)14-8-11/h10-11H,5-9H2,1-4H3,(H,14,17). The fourth-order valence-electron chi connectivity index (χ4n) is 2.09. The first-order valence-electron chi connectivity index (χ1n) is 6.60. The number of carbonyl (C=O) groups is 2. The van der Waals surface area contributed by atoms with Gasteiger partial charge in [0, 0.05) is 32.6 Å². The Morgan fingerprint density at radius 1 is 1.39 bits per heavy atom. The van der Waals surface area contributed by atoms with E-state index in [4.69, 9.17) is 0 Å². The Hall–Kier alpha value is -1.10. The predicted octanol–water partition coefficient (Wildman–Crippen LogP) is 0.169. The molecule has 1 aliphatic heterocycles. The Bertz CT molecular complexity index is 303. The van der Waals surface area contributed by atoms with Gasteiger partial charge in [-0.2, -0.15) is 0 Å². The lowest BCUT2D eigenvalue weighted by Gasteiger charge is -2.28. The summed E-state index contributed by atoms with van der Waals surface area (Å²) in [6.07, 6.45) is 0.343. The van der Waals surface area contributed by atoms with E-state index in [2.05, 4.69) is 24.1 Å². The highest BCUT2D eigenvalue weighted by Gasteiger charge is 2.31. The second kappa shape index (κ2) is 6.73. The first-order valence-corrected chi connectivity index (χ1v) is 6.60. The van der Waals surface area contributed by atoms with Gasteiger partial charge in [-0.1, -0.05) is 13.8 Å². The van der Waals surface area contributed by atoms with Gasteiger partial charge in [0.2, 0.25) is 11.8 Å². The molecule has 0 saturated carbocycles. The monoisotopic (exact) mass is 255 g/mol. The largest absolute Gasteiger partial charge is 0.355 e. The second-order valence-electron chi connectivity index (χ2n) is 5.69. The van der Waals surface area contributed by atoms with E-state index < -0.39 is 0 Å². The van der Waals surface area contributed by atoms with E-state index in [1.165, 1.54) is 0 Å². The number of hydrogen-bond donors (Lipinski definition) is 1. The predicted molar refractivity (Wildman–Crippen MR) is 71.1 cm³/mol. The molecule has 1 atom stereocenters. The highest BCUT2D eigenvalue weighted by Crippen LogP contribution is 2.14. The molecule has 0 bridgehead atoms. The molecule has 0 aromatic heterocycles. The fourth-order valence-corrected chi connectivity index (χ4v) is 2.09. The molecule has 1 aliphatic rings. The van der Waals surface area contributed by atoms with Crippen LogP contribution in [0.15, 0.2) is 0 Å². The average molecular weight is 255 g/mol. The lowest BCUT2D eigenvalue weighted by molar-refractivity contribution is -0.136. The SMILES string of the molecule is CC(C)CN(CCN(C)C)C(=O)C1CNC(=O)C1. The molecule has 5 heteroatoms. The van der Waals surface area contributed by atoms with Crippen molar-refractivity contribution in [3.05, 3.63) is 0 Å². The van der Waals surface area contributed by atoms with Crippen LogP contribution in [0.5, 0.6) is 0 Å². The van der Waals surface area contributed by atoms with Gasteiger partial charge in [-0.15, -0.1) is 0 Å². The molecule has 104 valence electrons. The summed E-state index contributed by atoms with van der Waals surface area (Å²) < 4.78 is 0. The van der Waals surface area contributed by atoms with E-state index in [0.717, 1.165) is 19.6 Å². The molecule has 0 spiro atoms. The van der Waals surface area contributed by atoms with Gasteiger partial charge in [0.05, 0.1) is 5.92 Å². The number of hydrogen-bond acceptors (Lipinski definition) is 3. The minimum atomic E-state index is -0.168. The van der Waals surface area contributed by atoms with Crippen LogP contribution in [0.25, 0.3) is 0 Å². The minimum Gasteiger partial charge on any atom is -0.355 e. The molecule has 1 saturated heterocycles. The molecule has 0 radical (unpaired) electrons. The number of rotatable bonds is 6. The van der Waals surface area contributed by atoms with Crippen molar-refractivity contribution >= 4 is 11.8 Å². The van der Waals surface area contributed by atoms with Gasteiger partial charge >= 0.3 is 0 Å². The van der Waals surface area contributed by atoms with E-state index >= 15 is 0 Å². The Labute approximate surface area is 110 Å². The van der Waals surface area contributed by atoms with Gasteiger partial charge in [0.25, 0.3) is 0 Å². The van der Waals surface area contributed by atoms with Crippen molar-refractivity contribution in [2.75, 3.05) is 40.3 Å². The van der Waals surface area contributed by atoms with Crippen molar-refractivity contribution in [3.63, 3.8) is 0 Å². The van der Waals surface area contributed by atoms with Gasteiger partial charge < -0.3 is 15.1 Å². The smallest absolute Gasteiger partial charge is 0.228 e. The summed E-state index contributed by atoms with van der Waals surface area (Å²) in [5.74, 6) is 0.383. The summed E-state index contributed by atoms with van der Waals surface area (Å²) in [6.45, 7) is 7.05. The third-order valence-corrected chi connectivity index (χ3v) is 3.04. The van der Waals surface area contributed by atoms with Crippen LogP contribution in [0, 0.1) is 11.8 Å². The lowest BCUT2D eigenvalue weighted by atomic mass is 10.1. The highest BCUT2D eigenvalue weighted by atomic mass is 16.2. The van der Waals surface area contributed by atoms with Crippen molar-refractivity contribution in [2.45, 2.75) is 20.3 Å². The summed E-state index contributed by atoms with van der Waals surface area (Å²) in [5, 5.41) is 2.73. The van der Waals surface area contributed by atoms with Crippen LogP contribution in [0.2, 0.25) is 0 Å². The Balaban J connectivity index is 2.57. The summed E-state index contributed by atoms with van der Waals surface area (Å²) >= 11 is 0. The van der Waals surface area contributed by atoms with Crippen LogP contribution in [0.4, 0.5) is 0 Å². The molecular formula is C13H25N3O2. The molecule has 1 fully saturated rings. The molecule has 0 aliphatic carbocycles. The lowest BCUT2D eigenvalue weighted by Crippen LogP contribution is -2.42. The van der Waals surface area contributed by atoms with Crippen LogP contribution in [0.3, 0.4) is 0 Å². The Morgan fingerprint density at radius 3 is 2.50 bits per heavy atom. The van der Waals surface area contributed by atoms with Crippen molar-refractivity contribution < 1.29 is 9.59 Å². The fraction of sp³-hybridized carbons (Fsp3) is 0.846. The van der Waals surface area contributed by atoms with Crippen molar-refractivity contribution in [2.24, 2.45) is 11.8 Å². The van der Waals surface area contributed by atoms with Crippen molar-refractivity contribution in [3.8, 4) is 0 Å². The van der Waals surface area contributed by atoms with Crippen LogP contribution in [0.1, 0.15) is 20.3 Å². The Kier molecular flexibility index (Phi) is 5.59. The molecule has 18 heavy (non-hydrogen) atoms. The van der Waals surface area contributed by atoms with E-state index in [-0.39, 0.29) is 17.7 Å². The van der Waals surface area contributed by atoms with Gasteiger partial charge in [-0.25, -0.2) is 0 Å². The summed E-state index contributed by atoms with van der Waals surface area (Å²) in [4.78, 5) is 27.5. The number of amides is 2. The summed E-state index contributed by atoms with van der Waals surface area (Å²) in [7, 11) is 4.00. The minimum absolute atomic E-state index is 0.00884. The maximum atomic E-state index is 12.4. The molecule has 0 aromatic carbocycles. The number of nitrogens with zero attached hydrogens (tertiary/aromatic N) is 2. The molecule has 1 heterocycles. The van der Waals surface area contributed by atoms with Crippen molar-refractivity contribution in [1.29, 1.82) is 0 Å². The number of nitrogens with one attached hydrogen (secondary N) is 1. The number of carbonyl (C=O) groups excluding carboxylic acids is 2. The second-order valence-corrected chi connectivity index (χ2v) is 5.69. The quantitative estimate of drug-likeness (QED) is 0.736.